The summed E-state index contributed by atoms with van der Waals surface area (Å²) in [4.78, 5) is 33.9. The van der Waals surface area contributed by atoms with E-state index >= 15 is 0 Å². The molecule has 0 aliphatic carbocycles. The van der Waals surface area contributed by atoms with E-state index in [1.54, 1.807) is 38.1 Å². The number of hydrogen-bond donors (Lipinski definition) is 0. The van der Waals surface area contributed by atoms with Crippen LogP contribution in [0.3, 0.4) is 0 Å². The molecular formula is C20H18N2O6S. The van der Waals surface area contributed by atoms with Crippen molar-refractivity contribution in [2.45, 2.75) is 13.8 Å². The molecule has 0 aliphatic rings. The van der Waals surface area contributed by atoms with Gasteiger partial charge >= 0.3 is 11.9 Å². The number of rotatable bonds is 8. The Hall–Kier alpha value is -3.46. The van der Waals surface area contributed by atoms with Crippen molar-refractivity contribution in [2.75, 3.05) is 13.2 Å². The van der Waals surface area contributed by atoms with Gasteiger partial charge in [0.1, 0.15) is 32.6 Å². The largest absolute Gasteiger partial charge is 0.463 e. The van der Waals surface area contributed by atoms with Crippen LogP contribution in [0, 0.1) is 0 Å². The standard InChI is InChI=1S/C20H18N2O6S/c1-3-25-19(23)15-16(20(24)26-4-2)18(22-12-14-8-6-10-28-14)29-17(15)21-11-13-7-5-9-27-13/h5-12H,3-4H2,1-2H3/b21-11+,22-12+. The number of thiophene rings is 1. The van der Waals surface area contributed by atoms with Crippen molar-refractivity contribution in [3.8, 4) is 0 Å². The van der Waals surface area contributed by atoms with Crippen molar-refractivity contribution in [1.82, 2.24) is 0 Å². The van der Waals surface area contributed by atoms with Crippen molar-refractivity contribution in [3.63, 3.8) is 0 Å². The molecule has 0 unspecified atom stereocenters. The van der Waals surface area contributed by atoms with Crippen LogP contribution in [-0.2, 0) is 9.47 Å². The molecule has 3 heterocycles. The molecule has 3 aromatic rings. The van der Waals surface area contributed by atoms with Gasteiger partial charge in [0.05, 0.1) is 38.2 Å². The highest BCUT2D eigenvalue weighted by molar-refractivity contribution is 7.20. The molecule has 0 amide bonds. The molecular weight excluding hydrogens is 396 g/mol. The second-order valence-electron chi connectivity index (χ2n) is 5.45. The van der Waals surface area contributed by atoms with Gasteiger partial charge in [-0.25, -0.2) is 19.6 Å². The van der Waals surface area contributed by atoms with E-state index in [1.165, 1.54) is 25.0 Å². The first-order valence-corrected chi connectivity index (χ1v) is 9.61. The van der Waals surface area contributed by atoms with E-state index in [4.69, 9.17) is 18.3 Å². The van der Waals surface area contributed by atoms with E-state index in [0.717, 1.165) is 11.3 Å². The highest BCUT2D eigenvalue weighted by Crippen LogP contribution is 2.42. The van der Waals surface area contributed by atoms with Crippen LogP contribution in [0.2, 0.25) is 0 Å². The lowest BCUT2D eigenvalue weighted by Crippen LogP contribution is -2.12. The molecule has 0 aromatic carbocycles. The maximum atomic E-state index is 12.6. The lowest BCUT2D eigenvalue weighted by atomic mass is 10.1. The normalized spacial score (nSPS) is 11.4. The van der Waals surface area contributed by atoms with Crippen molar-refractivity contribution >= 4 is 45.7 Å². The third-order valence-electron chi connectivity index (χ3n) is 3.53. The maximum absolute atomic E-state index is 12.6. The summed E-state index contributed by atoms with van der Waals surface area (Å²) in [5, 5.41) is 0.518. The van der Waals surface area contributed by atoms with Gasteiger partial charge in [0.2, 0.25) is 0 Å². The zero-order chi connectivity index (χ0) is 20.6. The average Bonchev–Trinajstić information content (AvgIpc) is 3.45. The van der Waals surface area contributed by atoms with Crippen molar-refractivity contribution in [2.24, 2.45) is 9.98 Å². The summed E-state index contributed by atoms with van der Waals surface area (Å²) >= 11 is 1.06. The Labute approximate surface area is 170 Å². The number of nitrogens with zero attached hydrogens (tertiary/aromatic N) is 2. The van der Waals surface area contributed by atoms with E-state index in [2.05, 4.69) is 9.98 Å². The van der Waals surface area contributed by atoms with Crippen LogP contribution >= 0.6 is 11.3 Å². The van der Waals surface area contributed by atoms with Crippen molar-refractivity contribution in [3.05, 3.63) is 59.4 Å². The average molecular weight is 414 g/mol. The number of hydrogen-bond acceptors (Lipinski definition) is 9. The number of ether oxygens (including phenoxy) is 2. The fourth-order valence-electron chi connectivity index (χ4n) is 2.35. The minimum absolute atomic E-state index is 0.00435. The molecule has 0 N–H and O–H groups in total. The molecule has 0 radical (unpaired) electrons. The Kier molecular flexibility index (Phi) is 6.75. The van der Waals surface area contributed by atoms with Gasteiger partial charge in [-0.05, 0) is 38.1 Å². The monoisotopic (exact) mass is 414 g/mol. The summed E-state index contributed by atoms with van der Waals surface area (Å²) in [5.41, 5.74) is 0.00871. The highest BCUT2D eigenvalue weighted by Gasteiger charge is 2.30. The van der Waals surface area contributed by atoms with E-state index < -0.39 is 11.9 Å². The Balaban J connectivity index is 2.11. The van der Waals surface area contributed by atoms with Gasteiger partial charge in [0.25, 0.3) is 0 Å². The summed E-state index contributed by atoms with van der Waals surface area (Å²) in [6.07, 6.45) is 5.91. The maximum Gasteiger partial charge on any atom is 0.342 e. The molecule has 0 spiro atoms. The van der Waals surface area contributed by atoms with Crippen LogP contribution in [0.25, 0.3) is 0 Å². The Morgan fingerprint density at radius 2 is 1.34 bits per heavy atom. The van der Waals surface area contributed by atoms with E-state index in [-0.39, 0.29) is 34.3 Å². The summed E-state index contributed by atoms with van der Waals surface area (Å²) in [6, 6.07) is 6.85. The van der Waals surface area contributed by atoms with Crippen molar-refractivity contribution < 1.29 is 27.9 Å². The third kappa shape index (κ3) is 4.88. The molecule has 0 atom stereocenters. The predicted octanol–water partition coefficient (Wildman–Crippen LogP) is 4.79. The molecule has 0 saturated heterocycles. The van der Waals surface area contributed by atoms with Crippen LogP contribution in [0.1, 0.15) is 46.1 Å². The van der Waals surface area contributed by atoms with Gasteiger partial charge in [-0.3, -0.25) is 0 Å². The summed E-state index contributed by atoms with van der Waals surface area (Å²) in [7, 11) is 0. The zero-order valence-corrected chi connectivity index (χ0v) is 16.6. The molecule has 3 rings (SSSR count). The first kappa shape index (κ1) is 20.3. The molecule has 0 bridgehead atoms. The first-order valence-electron chi connectivity index (χ1n) is 8.80. The quantitative estimate of drug-likeness (QED) is 0.388. The number of aliphatic imine (C=N–C) groups is 2. The van der Waals surface area contributed by atoms with Crippen LogP contribution in [-0.4, -0.2) is 37.6 Å². The summed E-state index contributed by atoms with van der Waals surface area (Å²) in [5.74, 6) is -0.381. The van der Waals surface area contributed by atoms with Crippen LogP contribution in [0.5, 0.6) is 0 Å². The van der Waals surface area contributed by atoms with Gasteiger partial charge in [0, 0.05) is 0 Å². The molecule has 9 heteroatoms. The first-order chi connectivity index (χ1) is 14.1. The molecule has 0 saturated carbocycles. The Morgan fingerprint density at radius 3 is 1.69 bits per heavy atom. The SMILES string of the molecule is CCOC(=O)c1c(/N=C/c2ccco2)sc(/N=C/c2ccco2)c1C(=O)OCC. The second kappa shape index (κ2) is 9.65. The van der Waals surface area contributed by atoms with Gasteiger partial charge in [0.15, 0.2) is 0 Å². The number of esters is 2. The molecule has 0 aliphatic heterocycles. The number of carbonyl (C=O) groups is 2. The minimum atomic E-state index is -0.683. The van der Waals surface area contributed by atoms with Gasteiger partial charge in [-0.2, -0.15) is 0 Å². The third-order valence-corrected chi connectivity index (χ3v) is 4.54. The smallest absolute Gasteiger partial charge is 0.342 e. The highest BCUT2D eigenvalue weighted by atomic mass is 32.1. The van der Waals surface area contributed by atoms with Crippen molar-refractivity contribution in [1.29, 1.82) is 0 Å². The Morgan fingerprint density at radius 1 is 0.897 bits per heavy atom. The molecule has 150 valence electrons. The Bertz CT molecular complexity index is 935. The lowest BCUT2D eigenvalue weighted by Gasteiger charge is -2.05. The van der Waals surface area contributed by atoms with Gasteiger partial charge in [-0.1, -0.05) is 11.3 Å². The summed E-state index contributed by atoms with van der Waals surface area (Å²) in [6.45, 7) is 3.64. The fraction of sp³-hybridized carbons (Fsp3) is 0.200. The molecule has 3 aromatic heterocycles. The van der Waals surface area contributed by atoms with E-state index in [1.807, 2.05) is 0 Å². The lowest BCUT2D eigenvalue weighted by molar-refractivity contribution is 0.0481. The van der Waals surface area contributed by atoms with E-state index in [0.29, 0.717) is 11.5 Å². The minimum Gasteiger partial charge on any atom is -0.463 e. The fourth-order valence-corrected chi connectivity index (χ4v) is 3.32. The molecule has 29 heavy (non-hydrogen) atoms. The number of furan rings is 2. The van der Waals surface area contributed by atoms with Crippen LogP contribution in [0.15, 0.2) is 55.6 Å². The summed E-state index contributed by atoms with van der Waals surface area (Å²) < 4.78 is 20.7. The molecule has 8 nitrogen and oxygen atoms in total. The van der Waals surface area contributed by atoms with Gasteiger partial charge in [-0.15, -0.1) is 0 Å². The van der Waals surface area contributed by atoms with Gasteiger partial charge < -0.3 is 18.3 Å². The zero-order valence-electron chi connectivity index (χ0n) is 15.8. The van der Waals surface area contributed by atoms with E-state index in [9.17, 15) is 9.59 Å². The van der Waals surface area contributed by atoms with Crippen LogP contribution in [0.4, 0.5) is 10.0 Å². The van der Waals surface area contributed by atoms with Crippen LogP contribution < -0.4 is 0 Å². The number of carbonyl (C=O) groups excluding carboxylic acids is 2. The second-order valence-corrected chi connectivity index (χ2v) is 6.43. The topological polar surface area (TPSA) is 104 Å². The predicted molar refractivity (Wildman–Crippen MR) is 108 cm³/mol. The molecule has 0 fully saturated rings.